The Balaban J connectivity index is 1.35. The van der Waals surface area contributed by atoms with Crippen LogP contribution < -0.4 is 10.1 Å². The minimum Gasteiger partial charge on any atom is -0.495 e. The van der Waals surface area contributed by atoms with Crippen molar-refractivity contribution in [3.63, 3.8) is 0 Å². The van der Waals surface area contributed by atoms with E-state index >= 15 is 4.39 Å². The number of pyridine rings is 2. The molecule has 2 N–H and O–H groups in total. The summed E-state index contributed by atoms with van der Waals surface area (Å²) < 4.78 is 25.2. The standard InChI is InChI=1S/C26H24FN7O3/c1-26(2,3)25-33-24(37-34-25)23(35)30-12-15-6-5-14(11-18(15)27)17-9-10-28-22-20(17)31-21(32-22)19-8-7-16(36-4)13-29-19/h5-11,13H,12H2,1-4H3,(H,30,35)(H,28,31,32). The molecule has 0 unspecified atom stereocenters. The van der Waals surface area contributed by atoms with Crippen molar-refractivity contribution in [2.24, 2.45) is 0 Å². The van der Waals surface area contributed by atoms with Crippen LogP contribution in [0.2, 0.25) is 0 Å². The number of hydrogen-bond acceptors (Lipinski definition) is 8. The van der Waals surface area contributed by atoms with Crippen molar-refractivity contribution >= 4 is 17.1 Å². The molecule has 5 aromatic rings. The monoisotopic (exact) mass is 501 g/mol. The molecule has 4 aromatic heterocycles. The summed E-state index contributed by atoms with van der Waals surface area (Å²) in [6.07, 6.45) is 3.22. The lowest BCUT2D eigenvalue weighted by Crippen LogP contribution is -2.24. The van der Waals surface area contributed by atoms with Crippen LogP contribution in [-0.4, -0.2) is 43.1 Å². The number of carbonyl (C=O) groups is 1. The first-order valence-electron chi connectivity index (χ1n) is 11.5. The quantitative estimate of drug-likeness (QED) is 0.349. The van der Waals surface area contributed by atoms with E-state index in [0.29, 0.717) is 45.4 Å². The highest BCUT2D eigenvalue weighted by Gasteiger charge is 2.24. The van der Waals surface area contributed by atoms with Crippen molar-refractivity contribution in [3.05, 3.63) is 71.9 Å². The highest BCUT2D eigenvalue weighted by molar-refractivity contribution is 5.91. The second kappa shape index (κ2) is 9.41. The van der Waals surface area contributed by atoms with Gasteiger partial charge in [-0.15, -0.1) is 0 Å². The SMILES string of the molecule is COc1ccc(-c2nc3nccc(-c4ccc(CNC(=O)c5nc(C(C)(C)C)no5)c(F)c4)c3[nH]2)nc1. The van der Waals surface area contributed by atoms with Gasteiger partial charge in [0.15, 0.2) is 17.3 Å². The maximum absolute atomic E-state index is 15.0. The Morgan fingerprint density at radius 1 is 1.14 bits per heavy atom. The van der Waals surface area contributed by atoms with Crippen molar-refractivity contribution in [2.75, 3.05) is 7.11 Å². The molecule has 0 aliphatic rings. The fourth-order valence-corrected chi connectivity index (χ4v) is 3.64. The molecule has 5 rings (SSSR count). The number of hydrogen-bond donors (Lipinski definition) is 2. The fourth-order valence-electron chi connectivity index (χ4n) is 3.64. The van der Waals surface area contributed by atoms with Gasteiger partial charge < -0.3 is 19.6 Å². The Kier molecular flexibility index (Phi) is 6.12. The van der Waals surface area contributed by atoms with E-state index < -0.39 is 11.7 Å². The molecule has 0 fully saturated rings. The molecule has 1 amide bonds. The van der Waals surface area contributed by atoms with Crippen molar-refractivity contribution < 1.29 is 18.4 Å². The molecule has 0 saturated carbocycles. The number of carbonyl (C=O) groups excluding carboxylic acids is 1. The van der Waals surface area contributed by atoms with Crippen molar-refractivity contribution in [2.45, 2.75) is 32.7 Å². The molecule has 0 bridgehead atoms. The number of rotatable bonds is 6. The summed E-state index contributed by atoms with van der Waals surface area (Å²) >= 11 is 0. The van der Waals surface area contributed by atoms with Gasteiger partial charge in [-0.1, -0.05) is 38.1 Å². The van der Waals surface area contributed by atoms with Crippen LogP contribution in [0, 0.1) is 5.82 Å². The number of amides is 1. The first-order valence-corrected chi connectivity index (χ1v) is 11.5. The number of fused-ring (bicyclic) bond motifs is 1. The van der Waals surface area contributed by atoms with E-state index in [1.54, 1.807) is 49.8 Å². The molecule has 0 spiro atoms. The van der Waals surface area contributed by atoms with Gasteiger partial charge in [-0.25, -0.2) is 19.3 Å². The number of nitrogens with zero attached hydrogens (tertiary/aromatic N) is 5. The van der Waals surface area contributed by atoms with Crippen LogP contribution in [0.15, 0.2) is 53.3 Å². The third-order valence-electron chi connectivity index (χ3n) is 5.70. The van der Waals surface area contributed by atoms with Gasteiger partial charge in [0, 0.05) is 29.3 Å². The fraction of sp³-hybridized carbons (Fsp3) is 0.231. The van der Waals surface area contributed by atoms with Crippen LogP contribution in [0.5, 0.6) is 5.75 Å². The van der Waals surface area contributed by atoms with E-state index in [2.05, 4.69) is 35.4 Å². The van der Waals surface area contributed by atoms with Gasteiger partial charge in [0.2, 0.25) is 0 Å². The molecule has 0 aliphatic carbocycles. The summed E-state index contributed by atoms with van der Waals surface area (Å²) in [5.74, 6) is 0.383. The minimum absolute atomic E-state index is 0.0404. The van der Waals surface area contributed by atoms with E-state index in [1.807, 2.05) is 20.8 Å². The molecule has 4 heterocycles. The summed E-state index contributed by atoms with van der Waals surface area (Å²) in [6, 6.07) is 10.2. The molecule has 188 valence electrons. The van der Waals surface area contributed by atoms with Gasteiger partial charge in [-0.05, 0) is 29.8 Å². The zero-order chi connectivity index (χ0) is 26.2. The van der Waals surface area contributed by atoms with Crippen LogP contribution in [0.3, 0.4) is 0 Å². The largest absolute Gasteiger partial charge is 0.495 e. The van der Waals surface area contributed by atoms with Crippen molar-refractivity contribution in [1.29, 1.82) is 0 Å². The number of halogens is 1. The number of nitrogens with one attached hydrogen (secondary N) is 2. The average Bonchev–Trinajstić information content (AvgIpc) is 3.56. The molecule has 0 radical (unpaired) electrons. The summed E-state index contributed by atoms with van der Waals surface area (Å²) in [4.78, 5) is 33.0. The summed E-state index contributed by atoms with van der Waals surface area (Å²) in [7, 11) is 1.57. The van der Waals surface area contributed by atoms with Crippen molar-refractivity contribution in [3.8, 4) is 28.4 Å². The number of imidazole rings is 1. The summed E-state index contributed by atoms with van der Waals surface area (Å²) in [5.41, 5.74) is 3.07. The number of ether oxygens (including phenoxy) is 1. The zero-order valence-electron chi connectivity index (χ0n) is 20.7. The van der Waals surface area contributed by atoms with Gasteiger partial charge in [0.1, 0.15) is 17.3 Å². The van der Waals surface area contributed by atoms with E-state index in [-0.39, 0.29) is 17.9 Å². The smallest absolute Gasteiger partial charge is 0.315 e. The Labute approximate surface area is 211 Å². The number of methoxy groups -OCH3 is 1. The highest BCUT2D eigenvalue weighted by atomic mass is 19.1. The first kappa shape index (κ1) is 24.0. The molecular weight excluding hydrogens is 477 g/mol. The second-order valence-corrected chi connectivity index (χ2v) is 9.39. The van der Waals surface area contributed by atoms with Crippen molar-refractivity contribution in [1.82, 2.24) is 35.4 Å². The van der Waals surface area contributed by atoms with Crippen LogP contribution in [0.1, 0.15) is 42.8 Å². The number of H-pyrrole nitrogens is 1. The Morgan fingerprint density at radius 2 is 1.97 bits per heavy atom. The van der Waals surface area contributed by atoms with Gasteiger partial charge in [-0.3, -0.25) is 4.79 Å². The topological polar surface area (TPSA) is 132 Å². The molecule has 11 heteroatoms. The minimum atomic E-state index is -0.570. The summed E-state index contributed by atoms with van der Waals surface area (Å²) in [6.45, 7) is 5.69. The first-order chi connectivity index (χ1) is 17.7. The maximum atomic E-state index is 15.0. The number of benzene rings is 1. The van der Waals surface area contributed by atoms with Gasteiger partial charge in [-0.2, -0.15) is 4.98 Å². The molecule has 0 saturated heterocycles. The van der Waals surface area contributed by atoms with Gasteiger partial charge in [0.05, 0.1) is 18.8 Å². The number of aromatic nitrogens is 6. The molecule has 1 aromatic carbocycles. The predicted octanol–water partition coefficient (Wildman–Crippen LogP) is 4.45. The van der Waals surface area contributed by atoms with E-state index in [4.69, 9.17) is 9.26 Å². The van der Waals surface area contributed by atoms with Gasteiger partial charge >= 0.3 is 11.8 Å². The highest BCUT2D eigenvalue weighted by Crippen LogP contribution is 2.29. The van der Waals surface area contributed by atoms with E-state index in [0.717, 1.165) is 5.56 Å². The van der Waals surface area contributed by atoms with Gasteiger partial charge in [0.25, 0.3) is 0 Å². The van der Waals surface area contributed by atoms with E-state index in [1.165, 1.54) is 6.07 Å². The molecule has 0 atom stereocenters. The Bertz CT molecular complexity index is 1590. The lowest BCUT2D eigenvalue weighted by molar-refractivity contribution is 0.0906. The zero-order valence-corrected chi connectivity index (χ0v) is 20.7. The lowest BCUT2D eigenvalue weighted by Gasteiger charge is -2.10. The molecular formula is C26H24FN7O3. The van der Waals surface area contributed by atoms with Crippen LogP contribution in [0.4, 0.5) is 4.39 Å². The second-order valence-electron chi connectivity index (χ2n) is 9.39. The lowest BCUT2D eigenvalue weighted by atomic mass is 9.96. The molecule has 37 heavy (non-hydrogen) atoms. The third-order valence-corrected chi connectivity index (χ3v) is 5.70. The number of aromatic amines is 1. The Hall–Kier alpha value is -4.67. The van der Waals surface area contributed by atoms with E-state index in [9.17, 15) is 4.79 Å². The normalized spacial score (nSPS) is 11.6. The predicted molar refractivity (Wildman–Crippen MR) is 133 cm³/mol. The Morgan fingerprint density at radius 3 is 2.65 bits per heavy atom. The average molecular weight is 502 g/mol. The maximum Gasteiger partial charge on any atom is 0.315 e. The third kappa shape index (κ3) is 4.88. The molecule has 10 nitrogen and oxygen atoms in total. The molecule has 0 aliphatic heterocycles. The van der Waals surface area contributed by atoms with Crippen LogP contribution in [0.25, 0.3) is 33.8 Å². The van der Waals surface area contributed by atoms with Crippen LogP contribution in [-0.2, 0) is 12.0 Å². The summed E-state index contributed by atoms with van der Waals surface area (Å²) in [5, 5.41) is 6.46. The van der Waals surface area contributed by atoms with Crippen LogP contribution >= 0.6 is 0 Å².